The fourth-order valence-electron chi connectivity index (χ4n) is 4.54. The summed E-state index contributed by atoms with van der Waals surface area (Å²) in [5.41, 5.74) is 1.10. The summed E-state index contributed by atoms with van der Waals surface area (Å²) in [4.78, 5) is 14.2. The third-order valence-corrected chi connectivity index (χ3v) is 6.16. The van der Waals surface area contributed by atoms with Crippen molar-refractivity contribution < 1.29 is 9.84 Å². The minimum absolute atomic E-state index is 0.244. The lowest BCUT2D eigenvalue weighted by atomic mass is 9.86. The molecule has 5 rings (SSSR count). The number of ether oxygens (including phenoxy) is 1. The molecule has 4 aliphatic rings. The van der Waals surface area contributed by atoms with Crippen LogP contribution in [0.15, 0.2) is 18.2 Å². The molecule has 3 aliphatic heterocycles. The summed E-state index contributed by atoms with van der Waals surface area (Å²) >= 11 is 0. The number of hydrogen-bond acceptors (Lipinski definition) is 6. The molecule has 1 aromatic rings. The highest BCUT2D eigenvalue weighted by molar-refractivity contribution is 5.49. The zero-order valence-electron chi connectivity index (χ0n) is 14.5. The number of β-amino-alcohol motifs (C(OH)–C–C–N with tert-alkyl or cyclic N) is 1. The Kier molecular flexibility index (Phi) is 3.90. The third kappa shape index (κ3) is 2.91. The smallest absolute Gasteiger partial charge is 0.227 e. The first-order chi connectivity index (χ1) is 12.3. The molecule has 1 aliphatic carbocycles. The van der Waals surface area contributed by atoms with Gasteiger partial charge in [-0.3, -0.25) is 0 Å². The minimum Gasteiger partial charge on any atom is -0.389 e. The first-order valence-corrected chi connectivity index (χ1v) is 9.56. The molecule has 0 radical (unpaired) electrons. The first-order valence-electron chi connectivity index (χ1n) is 9.56. The summed E-state index contributed by atoms with van der Waals surface area (Å²) in [6, 6.07) is 2.18. The molecule has 6 nitrogen and oxygen atoms in total. The number of allylic oxidation sites excluding steroid dienone is 2. The Morgan fingerprint density at radius 1 is 1.00 bits per heavy atom. The normalized spacial score (nSPS) is 32.1. The molecular weight excluding hydrogens is 316 g/mol. The average Bonchev–Trinajstić information content (AvgIpc) is 3.28. The monoisotopic (exact) mass is 342 g/mol. The van der Waals surface area contributed by atoms with Gasteiger partial charge in [-0.15, -0.1) is 0 Å². The number of rotatable bonds is 3. The molecular formula is C19H26N4O2. The fourth-order valence-corrected chi connectivity index (χ4v) is 4.54. The van der Waals surface area contributed by atoms with Gasteiger partial charge >= 0.3 is 0 Å². The van der Waals surface area contributed by atoms with E-state index in [1.54, 1.807) is 0 Å². The lowest BCUT2D eigenvalue weighted by Crippen LogP contribution is -2.51. The number of hydrogen-bond donors (Lipinski definition) is 1. The maximum Gasteiger partial charge on any atom is 0.227 e. The Labute approximate surface area is 148 Å². The number of aromatic nitrogens is 2. The lowest BCUT2D eigenvalue weighted by Gasteiger charge is -2.36. The van der Waals surface area contributed by atoms with Crippen molar-refractivity contribution >= 4 is 11.8 Å². The van der Waals surface area contributed by atoms with Crippen LogP contribution in [-0.2, 0) is 4.74 Å². The molecule has 3 saturated heterocycles. The van der Waals surface area contributed by atoms with Gasteiger partial charge < -0.3 is 19.6 Å². The summed E-state index contributed by atoms with van der Waals surface area (Å²) in [6.07, 6.45) is 7.85. The van der Waals surface area contributed by atoms with E-state index in [0.717, 1.165) is 62.0 Å². The third-order valence-electron chi connectivity index (χ3n) is 6.16. The minimum atomic E-state index is -0.244. The molecule has 3 fully saturated rings. The molecule has 0 bridgehead atoms. The molecule has 1 N–H and O–H groups in total. The number of aliphatic hydroxyl groups is 1. The predicted octanol–water partition coefficient (Wildman–Crippen LogP) is 1.56. The Hall–Kier alpha value is -1.66. The average molecular weight is 342 g/mol. The lowest BCUT2D eigenvalue weighted by molar-refractivity contribution is 0.140. The second kappa shape index (κ2) is 6.25. The highest BCUT2D eigenvalue weighted by atomic mass is 16.5. The Morgan fingerprint density at radius 3 is 2.40 bits per heavy atom. The summed E-state index contributed by atoms with van der Waals surface area (Å²) in [6.45, 7) is 5.04. The maximum atomic E-state index is 9.65. The summed E-state index contributed by atoms with van der Waals surface area (Å²) in [5.74, 6) is 3.72. The van der Waals surface area contributed by atoms with Gasteiger partial charge in [0.1, 0.15) is 5.82 Å². The van der Waals surface area contributed by atoms with E-state index >= 15 is 0 Å². The number of anilines is 2. The van der Waals surface area contributed by atoms with Gasteiger partial charge in [0, 0.05) is 44.8 Å². The molecule has 1 aromatic heterocycles. The molecule has 4 heterocycles. The van der Waals surface area contributed by atoms with E-state index in [9.17, 15) is 5.11 Å². The van der Waals surface area contributed by atoms with Crippen LogP contribution >= 0.6 is 0 Å². The predicted molar refractivity (Wildman–Crippen MR) is 96.0 cm³/mol. The number of fused-ring (bicyclic) bond motifs is 1. The van der Waals surface area contributed by atoms with Crippen LogP contribution in [0.1, 0.15) is 30.9 Å². The Balaban J connectivity index is 1.43. The zero-order chi connectivity index (χ0) is 16.8. The van der Waals surface area contributed by atoms with Gasteiger partial charge in [0.15, 0.2) is 0 Å². The van der Waals surface area contributed by atoms with Crippen LogP contribution in [0.2, 0.25) is 0 Å². The Morgan fingerprint density at radius 2 is 1.76 bits per heavy atom. The van der Waals surface area contributed by atoms with Crippen molar-refractivity contribution in [3.63, 3.8) is 0 Å². The fraction of sp³-hybridized carbons (Fsp3) is 0.684. The van der Waals surface area contributed by atoms with Gasteiger partial charge in [0.2, 0.25) is 5.95 Å². The van der Waals surface area contributed by atoms with E-state index in [1.807, 2.05) is 0 Å². The maximum absolute atomic E-state index is 9.65. The summed E-state index contributed by atoms with van der Waals surface area (Å²) in [7, 11) is 0. The van der Waals surface area contributed by atoms with E-state index in [0.29, 0.717) is 19.0 Å². The highest BCUT2D eigenvalue weighted by Gasteiger charge is 2.35. The zero-order valence-corrected chi connectivity index (χ0v) is 14.5. The summed E-state index contributed by atoms with van der Waals surface area (Å²) in [5, 5.41) is 9.65. The van der Waals surface area contributed by atoms with Crippen LogP contribution in [0.4, 0.5) is 11.8 Å². The van der Waals surface area contributed by atoms with E-state index in [1.165, 1.54) is 12.8 Å². The molecule has 0 aromatic carbocycles. The van der Waals surface area contributed by atoms with Crippen molar-refractivity contribution in [2.75, 3.05) is 49.2 Å². The molecule has 6 heteroatoms. The van der Waals surface area contributed by atoms with Crippen molar-refractivity contribution in [3.8, 4) is 0 Å². The van der Waals surface area contributed by atoms with Crippen molar-refractivity contribution in [3.05, 3.63) is 23.9 Å². The SMILES string of the molecule is OC1CN(c2nc([C@H]3CCOC3)cc(N3C[C@H]4CC=CC[C@H]4C3)n2)C1. The molecule has 134 valence electrons. The van der Waals surface area contributed by atoms with Crippen LogP contribution in [0, 0.1) is 11.8 Å². The largest absolute Gasteiger partial charge is 0.389 e. The van der Waals surface area contributed by atoms with Crippen LogP contribution in [0.25, 0.3) is 0 Å². The van der Waals surface area contributed by atoms with Crippen molar-refractivity contribution in [1.29, 1.82) is 0 Å². The van der Waals surface area contributed by atoms with Gasteiger partial charge in [-0.25, -0.2) is 4.98 Å². The first kappa shape index (κ1) is 15.6. The second-order valence-electron chi connectivity index (χ2n) is 7.94. The van der Waals surface area contributed by atoms with Crippen molar-refractivity contribution in [1.82, 2.24) is 9.97 Å². The molecule has 0 amide bonds. The molecule has 0 saturated carbocycles. The van der Waals surface area contributed by atoms with Gasteiger partial charge in [0.05, 0.1) is 18.4 Å². The van der Waals surface area contributed by atoms with Gasteiger partial charge in [-0.2, -0.15) is 4.98 Å². The van der Waals surface area contributed by atoms with Crippen LogP contribution in [0.5, 0.6) is 0 Å². The van der Waals surface area contributed by atoms with E-state index in [-0.39, 0.29) is 6.10 Å². The van der Waals surface area contributed by atoms with Gasteiger partial charge in [-0.1, -0.05) is 12.2 Å². The number of aliphatic hydroxyl groups excluding tert-OH is 1. The van der Waals surface area contributed by atoms with E-state index in [4.69, 9.17) is 14.7 Å². The standard InChI is InChI=1S/C19H26N4O2/c24-16-10-23(11-16)19-20-17(15-5-6-25-12-15)7-18(21-19)22-8-13-3-1-2-4-14(13)9-22/h1-2,7,13-16,24H,3-6,8-12H2/t13-,14+,15-/m0/s1. The molecule has 0 spiro atoms. The second-order valence-corrected chi connectivity index (χ2v) is 7.94. The Bertz CT molecular complexity index is 651. The topological polar surface area (TPSA) is 61.7 Å². The van der Waals surface area contributed by atoms with Crippen LogP contribution in [-0.4, -0.2) is 60.6 Å². The highest BCUT2D eigenvalue weighted by Crippen LogP contribution is 2.36. The van der Waals surface area contributed by atoms with Crippen molar-refractivity contribution in [2.24, 2.45) is 11.8 Å². The number of nitrogens with zero attached hydrogens (tertiary/aromatic N) is 4. The van der Waals surface area contributed by atoms with Crippen LogP contribution in [0.3, 0.4) is 0 Å². The molecule has 3 atom stereocenters. The van der Waals surface area contributed by atoms with Gasteiger partial charge in [-0.05, 0) is 31.1 Å². The van der Waals surface area contributed by atoms with E-state index < -0.39 is 0 Å². The summed E-state index contributed by atoms with van der Waals surface area (Å²) < 4.78 is 5.58. The van der Waals surface area contributed by atoms with Crippen LogP contribution < -0.4 is 9.80 Å². The van der Waals surface area contributed by atoms with Crippen molar-refractivity contribution in [2.45, 2.75) is 31.3 Å². The molecule has 25 heavy (non-hydrogen) atoms. The van der Waals surface area contributed by atoms with E-state index in [2.05, 4.69) is 28.0 Å². The quantitative estimate of drug-likeness (QED) is 0.842. The van der Waals surface area contributed by atoms with Gasteiger partial charge in [0.25, 0.3) is 0 Å². The molecule has 0 unspecified atom stereocenters.